The van der Waals surface area contributed by atoms with E-state index >= 15 is 0 Å². The van der Waals surface area contributed by atoms with Crippen LogP contribution in [0.25, 0.3) is 80.5 Å². The highest BCUT2D eigenvalue weighted by Gasteiger charge is 2.24. The molecule has 0 saturated heterocycles. The molecule has 3 aromatic heterocycles. The monoisotopic (exact) mass is 666 g/mol. The maximum Gasteiger partial charge on any atom is 0.0621 e. The minimum atomic E-state index is 1.13. The van der Waals surface area contributed by atoms with Crippen molar-refractivity contribution in [1.82, 2.24) is 4.40 Å². The van der Waals surface area contributed by atoms with Gasteiger partial charge >= 0.3 is 0 Å². The summed E-state index contributed by atoms with van der Waals surface area (Å²) in [6.07, 6.45) is 0. The maximum atomic E-state index is 2.50. The number of anilines is 3. The summed E-state index contributed by atoms with van der Waals surface area (Å²) in [6, 6.07) is 66.6. The van der Waals surface area contributed by atoms with Crippen LogP contribution in [0, 0.1) is 0 Å². The molecule has 51 heavy (non-hydrogen) atoms. The van der Waals surface area contributed by atoms with Gasteiger partial charge in [0.25, 0.3) is 0 Å². The summed E-state index contributed by atoms with van der Waals surface area (Å²) in [5, 5.41) is 7.69. The minimum absolute atomic E-state index is 1.13. The van der Waals surface area contributed by atoms with E-state index in [1.54, 1.807) is 0 Å². The number of nitrogens with zero attached hydrogens (tertiary/aromatic N) is 2. The predicted octanol–water partition coefficient (Wildman–Crippen LogP) is 14.0. The summed E-state index contributed by atoms with van der Waals surface area (Å²) in [4.78, 5) is 2.50. The second-order valence-electron chi connectivity index (χ2n) is 13.3. The van der Waals surface area contributed by atoms with E-state index in [1.807, 2.05) is 11.3 Å². The number of rotatable bonds is 5. The molecule has 0 saturated carbocycles. The number of benzene rings is 8. The minimum Gasteiger partial charge on any atom is -0.309 e. The van der Waals surface area contributed by atoms with Crippen molar-refractivity contribution in [2.45, 2.75) is 0 Å². The number of aromatic nitrogens is 1. The molecule has 0 bridgehead atoms. The molecule has 0 aliphatic rings. The van der Waals surface area contributed by atoms with Crippen LogP contribution in [0.5, 0.6) is 0 Å². The number of thiophene rings is 1. The first-order chi connectivity index (χ1) is 25.3. The van der Waals surface area contributed by atoms with Gasteiger partial charge in [0, 0.05) is 47.4 Å². The second kappa shape index (κ2) is 11.0. The van der Waals surface area contributed by atoms with Crippen molar-refractivity contribution in [3.05, 3.63) is 182 Å². The molecule has 0 amide bonds. The Bertz CT molecular complexity index is 3060. The lowest BCUT2D eigenvalue weighted by Crippen LogP contribution is -2.10. The van der Waals surface area contributed by atoms with E-state index in [0.717, 1.165) is 5.69 Å². The van der Waals surface area contributed by atoms with Crippen LogP contribution in [0.2, 0.25) is 0 Å². The standard InChI is InChI=1S/C48H30N2S/c1-3-12-31(13-4-1)33-24-27-35(28-25-33)49(43-22-11-23-44-47(43)38-29-26-34(30-45(38)51-44)32-14-5-2-6-15-32)41-20-10-21-42-46(41)39-18-9-17-37-36-16-7-8-19-40(36)50(42)48(37)39/h1-30H. The lowest BCUT2D eigenvalue weighted by Gasteiger charge is -2.27. The van der Waals surface area contributed by atoms with E-state index in [1.165, 1.54) is 91.9 Å². The Hall–Kier alpha value is -6.42. The van der Waals surface area contributed by atoms with Crippen LogP contribution in [0.1, 0.15) is 0 Å². The molecule has 3 heterocycles. The second-order valence-corrected chi connectivity index (χ2v) is 14.4. The van der Waals surface area contributed by atoms with Crippen LogP contribution in [0.15, 0.2) is 182 Å². The van der Waals surface area contributed by atoms with Gasteiger partial charge in [-0.1, -0.05) is 133 Å². The molecule has 11 rings (SSSR count). The number of para-hydroxylation sites is 2. The summed E-state index contributed by atoms with van der Waals surface area (Å²) >= 11 is 1.88. The fourth-order valence-corrected chi connectivity index (χ4v) is 9.46. The summed E-state index contributed by atoms with van der Waals surface area (Å²) in [5.41, 5.74) is 12.1. The van der Waals surface area contributed by atoms with Crippen LogP contribution in [-0.2, 0) is 0 Å². The lowest BCUT2D eigenvalue weighted by molar-refractivity contribution is 1.31. The summed E-state index contributed by atoms with van der Waals surface area (Å²) in [7, 11) is 0. The summed E-state index contributed by atoms with van der Waals surface area (Å²) in [6.45, 7) is 0. The van der Waals surface area contributed by atoms with Crippen LogP contribution >= 0.6 is 11.3 Å². The topological polar surface area (TPSA) is 7.65 Å². The molecule has 0 spiro atoms. The average Bonchev–Trinajstić information content (AvgIpc) is 3.86. The van der Waals surface area contributed by atoms with E-state index in [-0.39, 0.29) is 0 Å². The van der Waals surface area contributed by atoms with E-state index < -0.39 is 0 Å². The Morgan fingerprint density at radius 1 is 0.373 bits per heavy atom. The average molecular weight is 667 g/mol. The van der Waals surface area contributed by atoms with Gasteiger partial charge in [-0.2, -0.15) is 0 Å². The van der Waals surface area contributed by atoms with Crippen LogP contribution in [0.3, 0.4) is 0 Å². The molecule has 0 fully saturated rings. The van der Waals surface area contributed by atoms with E-state index in [2.05, 4.69) is 191 Å². The van der Waals surface area contributed by atoms with Gasteiger partial charge < -0.3 is 9.30 Å². The molecule has 0 radical (unpaired) electrons. The highest BCUT2D eigenvalue weighted by molar-refractivity contribution is 7.26. The smallest absolute Gasteiger partial charge is 0.0621 e. The van der Waals surface area contributed by atoms with Gasteiger partial charge in [0.1, 0.15) is 0 Å². The molecular weight excluding hydrogens is 637 g/mol. The van der Waals surface area contributed by atoms with Crippen LogP contribution in [-0.4, -0.2) is 4.40 Å². The third-order valence-corrected chi connectivity index (χ3v) is 11.6. The van der Waals surface area contributed by atoms with Crippen molar-refractivity contribution in [1.29, 1.82) is 0 Å². The van der Waals surface area contributed by atoms with Gasteiger partial charge in [-0.05, 0) is 70.8 Å². The van der Waals surface area contributed by atoms with E-state index in [9.17, 15) is 0 Å². The zero-order valence-electron chi connectivity index (χ0n) is 27.6. The van der Waals surface area contributed by atoms with Crippen molar-refractivity contribution in [2.75, 3.05) is 4.90 Å². The Labute approximate surface area is 299 Å². The normalized spacial score (nSPS) is 11.9. The molecule has 0 atom stereocenters. The zero-order chi connectivity index (χ0) is 33.5. The van der Waals surface area contributed by atoms with Gasteiger partial charge in [0.05, 0.1) is 27.9 Å². The highest BCUT2D eigenvalue weighted by Crippen LogP contribution is 2.49. The Balaban J connectivity index is 1.20. The van der Waals surface area contributed by atoms with E-state index in [0.29, 0.717) is 0 Å². The maximum absolute atomic E-state index is 2.50. The van der Waals surface area contributed by atoms with E-state index in [4.69, 9.17) is 0 Å². The van der Waals surface area contributed by atoms with Crippen molar-refractivity contribution >= 4 is 86.7 Å². The van der Waals surface area contributed by atoms with Crippen LogP contribution in [0.4, 0.5) is 17.1 Å². The summed E-state index contributed by atoms with van der Waals surface area (Å²) in [5.74, 6) is 0. The van der Waals surface area contributed by atoms with Crippen molar-refractivity contribution in [3.63, 3.8) is 0 Å². The molecular formula is C48H30N2S. The number of fused-ring (bicyclic) bond motifs is 9. The largest absolute Gasteiger partial charge is 0.309 e. The van der Waals surface area contributed by atoms with Crippen LogP contribution < -0.4 is 4.90 Å². The Morgan fingerprint density at radius 2 is 0.961 bits per heavy atom. The first-order valence-corrected chi connectivity index (χ1v) is 18.3. The molecule has 0 unspecified atom stereocenters. The fraction of sp³-hybridized carbons (Fsp3) is 0. The van der Waals surface area contributed by atoms with Crippen molar-refractivity contribution in [3.8, 4) is 22.3 Å². The molecule has 2 nitrogen and oxygen atoms in total. The highest BCUT2D eigenvalue weighted by atomic mass is 32.1. The third kappa shape index (κ3) is 4.22. The lowest BCUT2D eigenvalue weighted by atomic mass is 10.0. The van der Waals surface area contributed by atoms with Crippen molar-refractivity contribution < 1.29 is 0 Å². The van der Waals surface area contributed by atoms with Gasteiger partial charge in [-0.3, -0.25) is 0 Å². The fourth-order valence-electron chi connectivity index (χ4n) is 8.29. The molecule has 0 aliphatic heterocycles. The first-order valence-electron chi connectivity index (χ1n) is 17.4. The molecule has 238 valence electrons. The quantitative estimate of drug-likeness (QED) is 0.177. The predicted molar refractivity (Wildman–Crippen MR) is 220 cm³/mol. The van der Waals surface area contributed by atoms with Gasteiger partial charge in [-0.25, -0.2) is 0 Å². The molecule has 0 N–H and O–H groups in total. The van der Waals surface area contributed by atoms with Gasteiger partial charge in [-0.15, -0.1) is 11.3 Å². The zero-order valence-corrected chi connectivity index (χ0v) is 28.4. The van der Waals surface area contributed by atoms with Crippen molar-refractivity contribution in [2.24, 2.45) is 0 Å². The molecule has 11 aromatic rings. The third-order valence-electron chi connectivity index (χ3n) is 10.5. The number of hydrogen-bond donors (Lipinski definition) is 0. The Kier molecular flexibility index (Phi) is 6.16. The Morgan fingerprint density at radius 3 is 1.76 bits per heavy atom. The molecule has 3 heteroatoms. The van der Waals surface area contributed by atoms with Gasteiger partial charge in [0.15, 0.2) is 0 Å². The number of hydrogen-bond acceptors (Lipinski definition) is 2. The molecule has 8 aromatic carbocycles. The summed E-state index contributed by atoms with van der Waals surface area (Å²) < 4.78 is 5.05. The SMILES string of the molecule is c1ccc(-c2ccc(N(c3cccc4sc5cc(-c6ccccc6)ccc5c34)c3cccc4c3c3cccc5c6ccccc6n4c53)cc2)cc1. The first kappa shape index (κ1) is 28.4. The molecule has 0 aliphatic carbocycles. The van der Waals surface area contributed by atoms with Gasteiger partial charge in [0.2, 0.25) is 0 Å².